The first-order valence-corrected chi connectivity index (χ1v) is 10.3. The van der Waals surface area contributed by atoms with Gasteiger partial charge < -0.3 is 9.73 Å². The SMILES string of the molecule is Cc1ccc(CCc2nc3c(C(=O)N[C@@H](C)c4ccc(C=O)cc4)cccc3o2)cc1. The lowest BCUT2D eigenvalue weighted by atomic mass is 10.1. The molecule has 0 spiro atoms. The van der Waals surface area contributed by atoms with Crippen molar-refractivity contribution >= 4 is 23.3 Å². The Balaban J connectivity index is 1.49. The van der Waals surface area contributed by atoms with Crippen LogP contribution < -0.4 is 5.32 Å². The number of aromatic nitrogens is 1. The second kappa shape index (κ2) is 8.96. The number of benzene rings is 3. The molecule has 0 unspecified atom stereocenters. The highest BCUT2D eigenvalue weighted by Crippen LogP contribution is 2.22. The van der Waals surface area contributed by atoms with Gasteiger partial charge in [0, 0.05) is 12.0 Å². The lowest BCUT2D eigenvalue weighted by molar-refractivity contribution is 0.0941. The van der Waals surface area contributed by atoms with Gasteiger partial charge in [-0.25, -0.2) is 4.98 Å². The molecule has 156 valence electrons. The first-order valence-electron chi connectivity index (χ1n) is 10.3. The van der Waals surface area contributed by atoms with Crippen molar-refractivity contribution < 1.29 is 14.0 Å². The van der Waals surface area contributed by atoms with E-state index in [2.05, 4.69) is 41.5 Å². The predicted molar refractivity (Wildman–Crippen MR) is 120 cm³/mol. The fourth-order valence-corrected chi connectivity index (χ4v) is 3.51. The predicted octanol–water partition coefficient (Wildman–Crippen LogP) is 5.22. The van der Waals surface area contributed by atoms with Crippen LogP contribution in [0.1, 0.15) is 56.3 Å². The molecular weight excluding hydrogens is 388 g/mol. The summed E-state index contributed by atoms with van der Waals surface area (Å²) in [6.07, 6.45) is 2.29. The zero-order valence-corrected chi connectivity index (χ0v) is 17.6. The van der Waals surface area contributed by atoms with Gasteiger partial charge in [0.05, 0.1) is 11.6 Å². The molecule has 0 aliphatic carbocycles. The van der Waals surface area contributed by atoms with Gasteiger partial charge in [0.25, 0.3) is 5.91 Å². The Bertz CT molecular complexity index is 1210. The van der Waals surface area contributed by atoms with Gasteiger partial charge in [0.2, 0.25) is 0 Å². The molecule has 0 saturated heterocycles. The summed E-state index contributed by atoms with van der Waals surface area (Å²) in [7, 11) is 0. The Morgan fingerprint density at radius 2 is 1.77 bits per heavy atom. The summed E-state index contributed by atoms with van der Waals surface area (Å²) in [6, 6.07) is 20.7. The average Bonchev–Trinajstić information content (AvgIpc) is 3.22. The summed E-state index contributed by atoms with van der Waals surface area (Å²) in [4.78, 5) is 28.4. The molecule has 0 fully saturated rings. The Labute approximate surface area is 181 Å². The Morgan fingerprint density at radius 3 is 2.48 bits per heavy atom. The van der Waals surface area contributed by atoms with E-state index < -0.39 is 0 Å². The number of rotatable bonds is 7. The number of para-hydroxylation sites is 1. The second-order valence-electron chi connectivity index (χ2n) is 7.73. The van der Waals surface area contributed by atoms with Gasteiger partial charge in [-0.15, -0.1) is 0 Å². The van der Waals surface area contributed by atoms with Crippen LogP contribution in [-0.2, 0) is 12.8 Å². The largest absolute Gasteiger partial charge is 0.441 e. The maximum atomic E-state index is 12.9. The van der Waals surface area contributed by atoms with Crippen LogP contribution in [0.25, 0.3) is 11.1 Å². The summed E-state index contributed by atoms with van der Waals surface area (Å²) < 4.78 is 5.90. The summed E-state index contributed by atoms with van der Waals surface area (Å²) in [5, 5.41) is 3.01. The lowest BCUT2D eigenvalue weighted by Gasteiger charge is -2.14. The number of fused-ring (bicyclic) bond motifs is 1. The smallest absolute Gasteiger partial charge is 0.254 e. The van der Waals surface area contributed by atoms with E-state index in [1.165, 1.54) is 11.1 Å². The van der Waals surface area contributed by atoms with Gasteiger partial charge in [-0.05, 0) is 43.5 Å². The molecule has 0 radical (unpaired) electrons. The van der Waals surface area contributed by atoms with Crippen LogP contribution >= 0.6 is 0 Å². The Kier molecular flexibility index (Phi) is 5.94. The highest BCUT2D eigenvalue weighted by molar-refractivity contribution is 6.04. The molecule has 4 aromatic rings. The quantitative estimate of drug-likeness (QED) is 0.422. The van der Waals surface area contributed by atoms with Crippen LogP contribution in [-0.4, -0.2) is 17.2 Å². The molecule has 1 heterocycles. The van der Waals surface area contributed by atoms with Crippen molar-refractivity contribution in [3.63, 3.8) is 0 Å². The molecule has 31 heavy (non-hydrogen) atoms. The minimum Gasteiger partial charge on any atom is -0.441 e. The highest BCUT2D eigenvalue weighted by Gasteiger charge is 2.17. The maximum Gasteiger partial charge on any atom is 0.254 e. The molecule has 1 amide bonds. The topological polar surface area (TPSA) is 72.2 Å². The molecule has 1 aromatic heterocycles. The molecule has 0 saturated carbocycles. The van der Waals surface area contributed by atoms with Gasteiger partial charge in [-0.2, -0.15) is 0 Å². The minimum absolute atomic E-state index is 0.212. The van der Waals surface area contributed by atoms with E-state index in [0.717, 1.165) is 18.3 Å². The number of carbonyl (C=O) groups excluding carboxylic acids is 2. The molecule has 5 heteroatoms. The van der Waals surface area contributed by atoms with Crippen molar-refractivity contribution in [2.75, 3.05) is 0 Å². The number of nitrogens with zero attached hydrogens (tertiary/aromatic N) is 1. The monoisotopic (exact) mass is 412 g/mol. The van der Waals surface area contributed by atoms with E-state index in [1.54, 1.807) is 24.3 Å². The number of nitrogens with one attached hydrogen (secondary N) is 1. The van der Waals surface area contributed by atoms with Crippen LogP contribution in [0.5, 0.6) is 0 Å². The summed E-state index contributed by atoms with van der Waals surface area (Å²) in [5.41, 5.74) is 5.64. The van der Waals surface area contributed by atoms with Crippen molar-refractivity contribution in [2.24, 2.45) is 0 Å². The van der Waals surface area contributed by atoms with Crippen molar-refractivity contribution in [1.82, 2.24) is 10.3 Å². The number of hydrogen-bond acceptors (Lipinski definition) is 4. The average molecular weight is 412 g/mol. The normalized spacial score (nSPS) is 11.9. The first-order chi connectivity index (χ1) is 15.0. The number of oxazole rings is 1. The molecule has 1 atom stereocenters. The number of aryl methyl sites for hydroxylation is 3. The summed E-state index contributed by atoms with van der Waals surface area (Å²) in [5.74, 6) is 0.407. The molecule has 0 aliphatic heterocycles. The van der Waals surface area contributed by atoms with Gasteiger partial charge in [-0.1, -0.05) is 60.2 Å². The third-order valence-electron chi connectivity index (χ3n) is 5.38. The molecule has 5 nitrogen and oxygen atoms in total. The zero-order chi connectivity index (χ0) is 21.8. The van der Waals surface area contributed by atoms with Crippen LogP contribution in [0.4, 0.5) is 0 Å². The Hall–Kier alpha value is -3.73. The lowest BCUT2D eigenvalue weighted by Crippen LogP contribution is -2.26. The van der Waals surface area contributed by atoms with Crippen molar-refractivity contribution in [1.29, 1.82) is 0 Å². The number of aldehydes is 1. The zero-order valence-electron chi connectivity index (χ0n) is 17.6. The van der Waals surface area contributed by atoms with Gasteiger partial charge in [0.15, 0.2) is 11.5 Å². The molecule has 4 rings (SSSR count). The number of amides is 1. The van der Waals surface area contributed by atoms with Crippen molar-refractivity contribution in [2.45, 2.75) is 32.7 Å². The van der Waals surface area contributed by atoms with E-state index in [-0.39, 0.29) is 11.9 Å². The van der Waals surface area contributed by atoms with Crippen LogP contribution in [0.3, 0.4) is 0 Å². The second-order valence-corrected chi connectivity index (χ2v) is 7.73. The molecule has 0 bridgehead atoms. The maximum absolute atomic E-state index is 12.9. The van der Waals surface area contributed by atoms with E-state index >= 15 is 0 Å². The van der Waals surface area contributed by atoms with Gasteiger partial charge in [0.1, 0.15) is 11.8 Å². The minimum atomic E-state index is -0.212. The van der Waals surface area contributed by atoms with E-state index in [1.807, 2.05) is 25.1 Å². The van der Waals surface area contributed by atoms with Crippen molar-refractivity contribution in [3.8, 4) is 0 Å². The highest BCUT2D eigenvalue weighted by atomic mass is 16.3. The first kappa shape index (κ1) is 20.5. The van der Waals surface area contributed by atoms with E-state index in [9.17, 15) is 9.59 Å². The molecule has 0 aliphatic rings. The number of hydrogen-bond donors (Lipinski definition) is 1. The number of carbonyl (C=O) groups is 2. The van der Waals surface area contributed by atoms with E-state index in [0.29, 0.717) is 34.5 Å². The van der Waals surface area contributed by atoms with Crippen LogP contribution in [0.15, 0.2) is 71.1 Å². The van der Waals surface area contributed by atoms with Crippen LogP contribution in [0.2, 0.25) is 0 Å². The van der Waals surface area contributed by atoms with E-state index in [4.69, 9.17) is 4.42 Å². The molecule has 1 N–H and O–H groups in total. The summed E-state index contributed by atoms with van der Waals surface area (Å²) >= 11 is 0. The Morgan fingerprint density at radius 1 is 1.03 bits per heavy atom. The third kappa shape index (κ3) is 4.72. The van der Waals surface area contributed by atoms with Crippen molar-refractivity contribution in [3.05, 3.63) is 100 Å². The summed E-state index contributed by atoms with van der Waals surface area (Å²) in [6.45, 7) is 3.97. The van der Waals surface area contributed by atoms with Gasteiger partial charge >= 0.3 is 0 Å². The fourth-order valence-electron chi connectivity index (χ4n) is 3.51. The van der Waals surface area contributed by atoms with Gasteiger partial charge in [-0.3, -0.25) is 9.59 Å². The standard InChI is InChI=1S/C26H24N2O3/c1-17-6-8-19(9-7-17)12-15-24-28-25-22(4-3-5-23(25)31-24)26(30)27-18(2)21-13-10-20(16-29)11-14-21/h3-11,13-14,16,18H,12,15H2,1-2H3,(H,27,30)/t18-/m0/s1. The molecule has 3 aromatic carbocycles. The third-order valence-corrected chi connectivity index (χ3v) is 5.38. The van der Waals surface area contributed by atoms with Crippen LogP contribution in [0, 0.1) is 6.92 Å². The molecular formula is C26H24N2O3. The fraction of sp³-hybridized carbons (Fsp3) is 0.192.